The maximum Gasteiger partial charge on any atom is 0.347 e. The number of aromatic nitrogens is 2. The minimum atomic E-state index is -0.535. The molecular formula is C54H53N3O7. The first-order valence-electron chi connectivity index (χ1n) is 22.1. The van der Waals surface area contributed by atoms with Crippen LogP contribution in [0.1, 0.15) is 93.2 Å². The molecule has 0 aliphatic carbocycles. The molecule has 2 aliphatic rings. The molecular weight excluding hydrogens is 803 g/mol. The predicted molar refractivity (Wildman–Crippen MR) is 254 cm³/mol. The van der Waals surface area contributed by atoms with Gasteiger partial charge in [-0.2, -0.15) is 0 Å². The Kier molecular flexibility index (Phi) is 9.32. The number of benzene rings is 4. The zero-order valence-corrected chi connectivity index (χ0v) is 38.2. The Morgan fingerprint density at radius 2 is 1.27 bits per heavy atom. The highest BCUT2D eigenvalue weighted by Gasteiger charge is 2.42. The Hall–Kier alpha value is -6.68. The van der Waals surface area contributed by atoms with E-state index in [-0.39, 0.29) is 16.4 Å². The summed E-state index contributed by atoms with van der Waals surface area (Å²) >= 11 is 0. The van der Waals surface area contributed by atoms with Crippen LogP contribution in [-0.2, 0) is 10.8 Å². The lowest BCUT2D eigenvalue weighted by Gasteiger charge is -2.48. The summed E-state index contributed by atoms with van der Waals surface area (Å²) in [5, 5.41) is 3.54. The summed E-state index contributed by atoms with van der Waals surface area (Å²) in [4.78, 5) is 39.2. The van der Waals surface area contributed by atoms with Crippen molar-refractivity contribution in [1.82, 2.24) is 9.97 Å². The van der Waals surface area contributed by atoms with Crippen molar-refractivity contribution in [2.24, 2.45) is 0 Å². The van der Waals surface area contributed by atoms with E-state index in [2.05, 4.69) is 44.7 Å². The van der Waals surface area contributed by atoms with E-state index in [9.17, 15) is 9.59 Å². The van der Waals surface area contributed by atoms with Crippen molar-refractivity contribution in [3.63, 3.8) is 0 Å². The monoisotopic (exact) mass is 855 g/mol. The van der Waals surface area contributed by atoms with Gasteiger partial charge < -0.3 is 27.6 Å². The van der Waals surface area contributed by atoms with Crippen LogP contribution in [0.15, 0.2) is 114 Å². The van der Waals surface area contributed by atoms with Gasteiger partial charge in [-0.05, 0) is 124 Å². The molecule has 0 fully saturated rings. The molecule has 0 saturated carbocycles. The summed E-state index contributed by atoms with van der Waals surface area (Å²) in [6.07, 6.45) is 5.42. The summed E-state index contributed by atoms with van der Waals surface area (Å²) in [6.45, 7) is 22.9. The fourth-order valence-corrected chi connectivity index (χ4v) is 9.30. The van der Waals surface area contributed by atoms with E-state index in [0.717, 1.165) is 58.8 Å². The van der Waals surface area contributed by atoms with Crippen molar-refractivity contribution in [2.45, 2.75) is 104 Å². The number of nitrogens with zero attached hydrogens (tertiary/aromatic N) is 3. The van der Waals surface area contributed by atoms with Crippen molar-refractivity contribution in [1.29, 1.82) is 0 Å². The first-order valence-corrected chi connectivity index (χ1v) is 22.1. The molecule has 6 heterocycles. The molecule has 2 aliphatic heterocycles. The van der Waals surface area contributed by atoms with Crippen LogP contribution in [0.3, 0.4) is 0 Å². The molecule has 0 saturated heterocycles. The van der Waals surface area contributed by atoms with E-state index in [4.69, 9.17) is 32.7 Å². The van der Waals surface area contributed by atoms with Crippen LogP contribution >= 0.6 is 0 Å². The number of ether oxygens (including phenoxy) is 2. The lowest BCUT2D eigenvalue weighted by atomic mass is 9.69. The smallest absolute Gasteiger partial charge is 0.347 e. The Balaban J connectivity index is 0.954. The van der Waals surface area contributed by atoms with Gasteiger partial charge in [0.25, 0.3) is 0 Å². The summed E-state index contributed by atoms with van der Waals surface area (Å²) in [7, 11) is 0. The number of rotatable bonds is 6. The van der Waals surface area contributed by atoms with Crippen LogP contribution in [0.4, 0.5) is 5.69 Å². The largest absolute Gasteiger partial charge is 0.488 e. The van der Waals surface area contributed by atoms with E-state index >= 15 is 0 Å². The third-order valence-corrected chi connectivity index (χ3v) is 12.6. The molecule has 0 amide bonds. The second-order valence-corrected chi connectivity index (χ2v) is 20.7. The highest BCUT2D eigenvalue weighted by atomic mass is 16.5. The van der Waals surface area contributed by atoms with Crippen molar-refractivity contribution in [3.8, 4) is 56.7 Å². The second kappa shape index (κ2) is 14.4. The molecule has 0 unspecified atom stereocenters. The van der Waals surface area contributed by atoms with E-state index in [1.165, 1.54) is 11.3 Å². The van der Waals surface area contributed by atoms with Gasteiger partial charge in [-0.3, -0.25) is 9.97 Å². The van der Waals surface area contributed by atoms with Gasteiger partial charge >= 0.3 is 11.3 Å². The summed E-state index contributed by atoms with van der Waals surface area (Å²) < 4.78 is 30.9. The fourth-order valence-electron chi connectivity index (χ4n) is 9.30. The lowest BCUT2D eigenvalue weighted by Crippen LogP contribution is -2.44. The quantitative estimate of drug-likeness (QED) is 0.149. The van der Waals surface area contributed by atoms with E-state index in [1.54, 1.807) is 30.6 Å². The standard InChI is InChI=1S/C54H53N3O7/c1-51(2,3)63-35-25-44-37(45(26-35)64-52(4,5)6)27-38(50(59)61-44)43-16-15-42(60-43)32-14-12-30-11-13-31(21-33(30)22-32)40-28-56-41(29-55-40)36-23-34-24-39-47-46(48(34)62-49(36)58)54(9,10)18-20-57(47)19-17-53(39,7)8/h11-16,21-29H,17-20H2,1-10H3. The first-order chi connectivity index (χ1) is 30.2. The number of hydrogen-bond acceptors (Lipinski definition) is 10. The van der Waals surface area contributed by atoms with Crippen LogP contribution in [0.2, 0.25) is 0 Å². The molecule has 10 heteroatoms. The van der Waals surface area contributed by atoms with Crippen molar-refractivity contribution in [2.75, 3.05) is 18.0 Å². The van der Waals surface area contributed by atoms with E-state index in [1.807, 2.05) is 90.1 Å². The third kappa shape index (κ3) is 7.42. The van der Waals surface area contributed by atoms with Crippen molar-refractivity contribution in [3.05, 3.63) is 123 Å². The van der Waals surface area contributed by atoms with Gasteiger partial charge in [0, 0.05) is 53.0 Å². The molecule has 0 N–H and O–H groups in total. The van der Waals surface area contributed by atoms with Crippen molar-refractivity contribution < 1.29 is 22.7 Å². The molecule has 326 valence electrons. The minimum absolute atomic E-state index is 0.00174. The molecule has 4 aromatic carbocycles. The predicted octanol–water partition coefficient (Wildman–Crippen LogP) is 12.6. The molecule has 4 aromatic heterocycles. The van der Waals surface area contributed by atoms with Crippen LogP contribution in [-0.4, -0.2) is 34.3 Å². The third-order valence-electron chi connectivity index (χ3n) is 12.6. The Morgan fingerprint density at radius 3 is 1.98 bits per heavy atom. The molecule has 0 radical (unpaired) electrons. The number of furan rings is 1. The van der Waals surface area contributed by atoms with Crippen LogP contribution in [0, 0.1) is 0 Å². The van der Waals surface area contributed by atoms with Crippen LogP contribution < -0.4 is 25.6 Å². The number of fused-ring (bicyclic) bond motifs is 4. The molecule has 8 aromatic rings. The lowest BCUT2D eigenvalue weighted by molar-refractivity contribution is 0.122. The molecule has 0 bridgehead atoms. The normalized spacial score (nSPS) is 15.8. The Labute approximate surface area is 371 Å². The maximum atomic E-state index is 13.7. The number of hydrogen-bond donors (Lipinski definition) is 0. The highest BCUT2D eigenvalue weighted by molar-refractivity contribution is 5.93. The Morgan fingerprint density at radius 1 is 0.609 bits per heavy atom. The molecule has 0 spiro atoms. The summed E-state index contributed by atoms with van der Waals surface area (Å²) in [6, 6.07) is 25.3. The zero-order chi connectivity index (χ0) is 45.1. The van der Waals surface area contributed by atoms with Gasteiger partial charge in [-0.1, -0.05) is 52.0 Å². The molecule has 0 atom stereocenters. The average molecular weight is 856 g/mol. The van der Waals surface area contributed by atoms with Gasteiger partial charge in [0.1, 0.15) is 51.0 Å². The fraction of sp³-hybridized carbons (Fsp3) is 0.333. The van der Waals surface area contributed by atoms with Gasteiger partial charge in [-0.15, -0.1) is 0 Å². The summed E-state index contributed by atoms with van der Waals surface area (Å²) in [5.41, 5.74) is 6.14. The van der Waals surface area contributed by atoms with Gasteiger partial charge in [-0.25, -0.2) is 9.59 Å². The van der Waals surface area contributed by atoms with Gasteiger partial charge in [0.05, 0.1) is 34.7 Å². The average Bonchev–Trinajstić information content (AvgIpc) is 3.71. The van der Waals surface area contributed by atoms with E-state index in [0.29, 0.717) is 56.5 Å². The van der Waals surface area contributed by atoms with Crippen LogP contribution in [0.25, 0.3) is 77.9 Å². The van der Waals surface area contributed by atoms with Crippen molar-refractivity contribution >= 4 is 38.4 Å². The Bertz CT molecular complexity index is 3300. The molecule has 10 nitrogen and oxygen atoms in total. The van der Waals surface area contributed by atoms with Gasteiger partial charge in [0.2, 0.25) is 0 Å². The topological polar surface area (TPSA) is 121 Å². The number of anilines is 1. The minimum Gasteiger partial charge on any atom is -0.488 e. The first kappa shape index (κ1) is 41.3. The SMILES string of the molecule is CC(C)(C)Oc1cc(OC(C)(C)C)c2cc(-c3ccc(-c4ccc5ccc(-c6cnc(-c7cc8cc9c%10c(c8oc7=O)C(C)(C)CCN%10CCC9(C)C)cn6)cc5c4)o3)c(=O)oc2c1. The maximum absolute atomic E-state index is 13.7. The van der Waals surface area contributed by atoms with Gasteiger partial charge in [0.15, 0.2) is 0 Å². The highest BCUT2D eigenvalue weighted by Crippen LogP contribution is 2.52. The molecule has 64 heavy (non-hydrogen) atoms. The second-order valence-electron chi connectivity index (χ2n) is 20.7. The van der Waals surface area contributed by atoms with Crippen LogP contribution in [0.5, 0.6) is 11.5 Å². The summed E-state index contributed by atoms with van der Waals surface area (Å²) in [5.74, 6) is 2.05. The molecule has 10 rings (SSSR count). The van der Waals surface area contributed by atoms with E-state index < -0.39 is 22.5 Å². The zero-order valence-electron chi connectivity index (χ0n) is 38.2.